The lowest BCUT2D eigenvalue weighted by molar-refractivity contribution is 0.340. The molecule has 0 saturated heterocycles. The van der Waals surface area contributed by atoms with Gasteiger partial charge in [-0.15, -0.1) is 0 Å². The van der Waals surface area contributed by atoms with Gasteiger partial charge >= 0.3 is 10.1 Å². The third-order valence-corrected chi connectivity index (χ3v) is 4.20. The van der Waals surface area contributed by atoms with Gasteiger partial charge in [0.15, 0.2) is 0 Å². The van der Waals surface area contributed by atoms with Crippen molar-refractivity contribution in [1.82, 2.24) is 0 Å². The Kier molecular flexibility index (Phi) is 4.53. The topological polar surface area (TPSA) is 52.6 Å². The molecule has 0 atom stereocenters. The Morgan fingerprint density at radius 2 is 1.67 bits per heavy atom. The second kappa shape index (κ2) is 6.18. The molecule has 2 aromatic carbocycles. The molecule has 0 aliphatic heterocycles. The van der Waals surface area contributed by atoms with E-state index in [9.17, 15) is 8.42 Å². The van der Waals surface area contributed by atoms with E-state index in [0.29, 0.717) is 18.1 Å². The highest BCUT2D eigenvalue weighted by atomic mass is 32.2. The quantitative estimate of drug-likeness (QED) is 0.794. The minimum atomic E-state index is -3.84. The molecule has 0 aromatic heterocycles. The Hall–Kier alpha value is -2.01. The van der Waals surface area contributed by atoms with Gasteiger partial charge in [-0.3, -0.25) is 0 Å². The monoisotopic (exact) mass is 306 g/mol. The van der Waals surface area contributed by atoms with Crippen LogP contribution in [0.3, 0.4) is 0 Å². The molecule has 0 radical (unpaired) electrons. The third-order valence-electron chi connectivity index (χ3n) is 2.95. The highest BCUT2D eigenvalue weighted by molar-refractivity contribution is 7.87. The summed E-state index contributed by atoms with van der Waals surface area (Å²) >= 11 is 0. The van der Waals surface area contributed by atoms with Gasteiger partial charge in [0.05, 0.1) is 6.61 Å². The van der Waals surface area contributed by atoms with Gasteiger partial charge in [-0.2, -0.15) is 8.42 Å². The van der Waals surface area contributed by atoms with E-state index in [1.54, 1.807) is 18.2 Å². The Balaban J connectivity index is 2.25. The van der Waals surface area contributed by atoms with Gasteiger partial charge in [0.2, 0.25) is 0 Å². The summed E-state index contributed by atoms with van der Waals surface area (Å²) in [5, 5.41) is 0. The van der Waals surface area contributed by atoms with Crippen LogP contribution >= 0.6 is 0 Å². The molecule has 21 heavy (non-hydrogen) atoms. The number of ether oxygens (including phenoxy) is 1. The first-order valence-corrected chi connectivity index (χ1v) is 8.08. The first-order valence-electron chi connectivity index (χ1n) is 6.67. The highest BCUT2D eigenvalue weighted by Gasteiger charge is 2.17. The number of hydrogen-bond donors (Lipinski definition) is 0. The molecule has 0 bridgehead atoms. The van der Waals surface area contributed by atoms with E-state index >= 15 is 0 Å². The molecule has 0 unspecified atom stereocenters. The van der Waals surface area contributed by atoms with Gasteiger partial charge in [-0.05, 0) is 56.7 Å². The fourth-order valence-corrected chi connectivity index (χ4v) is 2.92. The predicted octanol–water partition coefficient (Wildman–Crippen LogP) is 3.47. The smallest absolute Gasteiger partial charge is 0.339 e. The number of benzene rings is 2. The minimum absolute atomic E-state index is 0.103. The van der Waals surface area contributed by atoms with Gasteiger partial charge in [0.1, 0.15) is 16.4 Å². The molecule has 2 rings (SSSR count). The summed E-state index contributed by atoms with van der Waals surface area (Å²) in [7, 11) is -3.84. The SMILES string of the molecule is CCOc1ccc(S(=O)(=O)Oc2ccc(C)cc2C)cc1. The lowest BCUT2D eigenvalue weighted by atomic mass is 10.1. The van der Waals surface area contributed by atoms with Crippen LogP contribution in [-0.2, 0) is 10.1 Å². The van der Waals surface area contributed by atoms with Gasteiger partial charge < -0.3 is 8.92 Å². The summed E-state index contributed by atoms with van der Waals surface area (Å²) in [6.45, 7) is 6.16. The zero-order valence-electron chi connectivity index (χ0n) is 12.3. The van der Waals surface area contributed by atoms with Crippen LogP contribution in [0.25, 0.3) is 0 Å². The predicted molar refractivity (Wildman–Crippen MR) is 81.3 cm³/mol. The summed E-state index contributed by atoms with van der Waals surface area (Å²) in [6, 6.07) is 11.5. The minimum Gasteiger partial charge on any atom is -0.494 e. The second-order valence-electron chi connectivity index (χ2n) is 4.71. The van der Waals surface area contributed by atoms with Crippen molar-refractivity contribution in [3.05, 3.63) is 53.6 Å². The Bertz CT molecular complexity index is 718. The fourth-order valence-electron chi connectivity index (χ4n) is 1.93. The van der Waals surface area contributed by atoms with Crippen molar-refractivity contribution >= 4 is 10.1 Å². The summed E-state index contributed by atoms with van der Waals surface area (Å²) < 4.78 is 35.0. The molecule has 0 heterocycles. The molecule has 0 aliphatic carbocycles. The van der Waals surface area contributed by atoms with E-state index < -0.39 is 10.1 Å². The highest BCUT2D eigenvalue weighted by Crippen LogP contribution is 2.24. The molecule has 5 heteroatoms. The van der Waals surface area contributed by atoms with E-state index in [1.807, 2.05) is 32.9 Å². The molecule has 2 aromatic rings. The summed E-state index contributed by atoms with van der Waals surface area (Å²) in [4.78, 5) is 0.103. The van der Waals surface area contributed by atoms with Crippen molar-refractivity contribution in [2.45, 2.75) is 25.7 Å². The second-order valence-corrected chi connectivity index (χ2v) is 6.26. The molecule has 0 amide bonds. The largest absolute Gasteiger partial charge is 0.494 e. The Labute approximate surface area is 125 Å². The van der Waals surface area contributed by atoms with Gasteiger partial charge in [-0.1, -0.05) is 17.7 Å². The fraction of sp³-hybridized carbons (Fsp3) is 0.250. The van der Waals surface area contributed by atoms with Gasteiger partial charge in [-0.25, -0.2) is 0 Å². The lowest BCUT2D eigenvalue weighted by Crippen LogP contribution is -2.10. The average Bonchev–Trinajstić information content (AvgIpc) is 2.43. The first kappa shape index (κ1) is 15.4. The van der Waals surface area contributed by atoms with Crippen LogP contribution in [0, 0.1) is 13.8 Å². The Morgan fingerprint density at radius 1 is 1.00 bits per heavy atom. The molecule has 112 valence electrons. The maximum absolute atomic E-state index is 12.2. The molecule has 0 spiro atoms. The number of aryl methyl sites for hydroxylation is 2. The summed E-state index contributed by atoms with van der Waals surface area (Å²) in [5.41, 5.74) is 1.84. The molecular formula is C16H18O4S. The van der Waals surface area contributed by atoms with Crippen LogP contribution in [-0.4, -0.2) is 15.0 Å². The normalized spacial score (nSPS) is 11.2. The molecular weight excluding hydrogens is 288 g/mol. The van der Waals surface area contributed by atoms with Crippen molar-refractivity contribution in [2.24, 2.45) is 0 Å². The van der Waals surface area contributed by atoms with Crippen molar-refractivity contribution in [1.29, 1.82) is 0 Å². The van der Waals surface area contributed by atoms with Gasteiger partial charge in [0.25, 0.3) is 0 Å². The van der Waals surface area contributed by atoms with Crippen LogP contribution in [0.2, 0.25) is 0 Å². The van der Waals surface area contributed by atoms with Crippen LogP contribution in [0.5, 0.6) is 11.5 Å². The van der Waals surface area contributed by atoms with Crippen molar-refractivity contribution in [3.63, 3.8) is 0 Å². The summed E-state index contributed by atoms with van der Waals surface area (Å²) in [5.74, 6) is 0.970. The van der Waals surface area contributed by atoms with Crippen LogP contribution in [0.4, 0.5) is 0 Å². The number of rotatable bonds is 5. The third kappa shape index (κ3) is 3.76. The zero-order chi connectivity index (χ0) is 15.5. The van der Waals surface area contributed by atoms with E-state index in [-0.39, 0.29) is 4.90 Å². The first-order chi connectivity index (χ1) is 9.92. The van der Waals surface area contributed by atoms with Crippen LogP contribution in [0.15, 0.2) is 47.4 Å². The average molecular weight is 306 g/mol. The van der Waals surface area contributed by atoms with E-state index in [1.165, 1.54) is 12.1 Å². The van der Waals surface area contributed by atoms with E-state index in [0.717, 1.165) is 11.1 Å². The summed E-state index contributed by atoms with van der Waals surface area (Å²) in [6.07, 6.45) is 0. The maximum Gasteiger partial charge on any atom is 0.339 e. The Morgan fingerprint density at radius 3 is 2.24 bits per heavy atom. The molecule has 0 saturated carbocycles. The zero-order valence-corrected chi connectivity index (χ0v) is 13.1. The number of hydrogen-bond acceptors (Lipinski definition) is 4. The van der Waals surface area contributed by atoms with Crippen molar-refractivity contribution in [3.8, 4) is 11.5 Å². The van der Waals surface area contributed by atoms with E-state index in [2.05, 4.69) is 0 Å². The van der Waals surface area contributed by atoms with Crippen molar-refractivity contribution in [2.75, 3.05) is 6.61 Å². The van der Waals surface area contributed by atoms with Crippen molar-refractivity contribution < 1.29 is 17.3 Å². The molecule has 0 aliphatic rings. The molecule has 4 nitrogen and oxygen atoms in total. The lowest BCUT2D eigenvalue weighted by Gasteiger charge is -2.10. The maximum atomic E-state index is 12.2. The standard InChI is InChI=1S/C16H18O4S/c1-4-19-14-6-8-15(9-7-14)21(17,18)20-16-10-5-12(2)11-13(16)3/h5-11H,4H2,1-3H3. The molecule has 0 fully saturated rings. The van der Waals surface area contributed by atoms with E-state index in [4.69, 9.17) is 8.92 Å². The van der Waals surface area contributed by atoms with Gasteiger partial charge in [0, 0.05) is 0 Å². The molecule has 0 N–H and O–H groups in total. The van der Waals surface area contributed by atoms with Crippen LogP contribution in [0.1, 0.15) is 18.1 Å². The van der Waals surface area contributed by atoms with Crippen LogP contribution < -0.4 is 8.92 Å².